The Morgan fingerprint density at radius 3 is 1.00 bits per heavy atom. The van der Waals surface area contributed by atoms with Gasteiger partial charge in [-0.05, 0) is 55.2 Å². The Balaban J connectivity index is 1.64. The third-order valence-electron chi connectivity index (χ3n) is 5.11. The fourth-order valence-corrected chi connectivity index (χ4v) is 4.22. The van der Waals surface area contributed by atoms with Crippen molar-refractivity contribution in [1.82, 2.24) is 0 Å². The number of rotatable bonds is 9. The van der Waals surface area contributed by atoms with Crippen LogP contribution in [0, 0.1) is 0 Å². The molecule has 0 radical (unpaired) electrons. The zero-order valence-corrected chi connectivity index (χ0v) is 17.4. The highest BCUT2D eigenvalue weighted by molar-refractivity contribution is 14.1. The molecule has 0 heterocycles. The highest BCUT2D eigenvalue weighted by Crippen LogP contribution is 2.35. The van der Waals surface area contributed by atoms with Crippen molar-refractivity contribution in [2.75, 3.05) is 0 Å². The molecule has 0 aromatic heterocycles. The van der Waals surface area contributed by atoms with Gasteiger partial charge in [0.1, 0.15) is 0 Å². The van der Waals surface area contributed by atoms with E-state index < -0.39 is 0 Å². The van der Waals surface area contributed by atoms with Gasteiger partial charge in [-0.2, -0.15) is 0 Å². The maximum atomic E-state index is 2.76. The second-order valence-corrected chi connectivity index (χ2v) is 9.40. The van der Waals surface area contributed by atoms with Gasteiger partial charge in [0.2, 0.25) is 0 Å². The lowest BCUT2D eigenvalue weighted by atomic mass is 9.88. The van der Waals surface area contributed by atoms with Crippen LogP contribution in [0.25, 0.3) is 0 Å². The molecule has 0 unspecified atom stereocenters. The number of aryl methyl sites for hydroxylation is 3. The molecule has 0 spiro atoms. The van der Waals surface area contributed by atoms with Crippen LogP contribution in [0.3, 0.4) is 0 Å². The molecule has 0 aliphatic carbocycles. The quantitative estimate of drug-likeness (QED) is 0.240. The Morgan fingerprint density at radius 2 is 0.731 bits per heavy atom. The van der Waals surface area contributed by atoms with Gasteiger partial charge in [-0.15, -0.1) is 0 Å². The number of hydrogen-bond donors (Lipinski definition) is 0. The van der Waals surface area contributed by atoms with Crippen molar-refractivity contribution < 1.29 is 0 Å². The van der Waals surface area contributed by atoms with E-state index in [9.17, 15) is 0 Å². The Labute approximate surface area is 171 Å². The summed E-state index contributed by atoms with van der Waals surface area (Å²) in [5, 5.41) is 0. The van der Waals surface area contributed by atoms with Crippen LogP contribution in [-0.4, -0.2) is 3.42 Å². The standard InChI is InChI=1S/C25H27I/c26-25(19-16-22-10-4-1-5-11-22,20-17-23-12-6-2-7-13-23)21-18-24-14-8-3-9-15-24/h1-15H,16-21H2. The van der Waals surface area contributed by atoms with E-state index in [1.54, 1.807) is 0 Å². The van der Waals surface area contributed by atoms with Gasteiger partial charge >= 0.3 is 0 Å². The van der Waals surface area contributed by atoms with Crippen molar-refractivity contribution in [3.63, 3.8) is 0 Å². The van der Waals surface area contributed by atoms with E-state index >= 15 is 0 Å². The molecule has 0 N–H and O–H groups in total. The summed E-state index contributed by atoms with van der Waals surface area (Å²) >= 11 is 2.76. The maximum Gasteiger partial charge on any atom is 0.0232 e. The van der Waals surface area contributed by atoms with Gasteiger partial charge in [0.15, 0.2) is 0 Å². The molecular formula is C25H27I. The summed E-state index contributed by atoms with van der Waals surface area (Å²) in [4.78, 5) is 0. The first-order valence-electron chi connectivity index (χ1n) is 9.54. The van der Waals surface area contributed by atoms with Gasteiger partial charge in [-0.3, -0.25) is 0 Å². The second kappa shape index (κ2) is 9.91. The largest absolute Gasteiger partial charge is 0.0788 e. The Hall–Kier alpha value is -1.61. The monoisotopic (exact) mass is 454 g/mol. The molecule has 0 fully saturated rings. The molecule has 0 saturated carbocycles. The van der Waals surface area contributed by atoms with Crippen LogP contribution in [0.1, 0.15) is 36.0 Å². The summed E-state index contributed by atoms with van der Waals surface area (Å²) in [5.41, 5.74) is 4.36. The molecule has 0 aliphatic rings. The number of hydrogen-bond acceptors (Lipinski definition) is 0. The molecule has 0 amide bonds. The van der Waals surface area contributed by atoms with Crippen LogP contribution in [0.5, 0.6) is 0 Å². The molecular weight excluding hydrogens is 427 g/mol. The van der Waals surface area contributed by atoms with E-state index in [4.69, 9.17) is 0 Å². The first-order valence-corrected chi connectivity index (χ1v) is 10.6. The fraction of sp³-hybridized carbons (Fsp3) is 0.280. The van der Waals surface area contributed by atoms with E-state index in [0.717, 1.165) is 19.3 Å². The first kappa shape index (κ1) is 19.2. The molecule has 0 aliphatic heterocycles. The van der Waals surface area contributed by atoms with Gasteiger partial charge in [0.05, 0.1) is 0 Å². The van der Waals surface area contributed by atoms with E-state index in [1.807, 2.05) is 0 Å². The van der Waals surface area contributed by atoms with Crippen molar-refractivity contribution in [3.8, 4) is 0 Å². The molecule has 1 heteroatoms. The third-order valence-corrected chi connectivity index (χ3v) is 6.73. The van der Waals surface area contributed by atoms with Crippen molar-refractivity contribution in [3.05, 3.63) is 108 Å². The Bertz CT molecular complexity index is 644. The fourth-order valence-electron chi connectivity index (χ4n) is 3.41. The zero-order valence-electron chi connectivity index (χ0n) is 15.3. The predicted molar refractivity (Wildman–Crippen MR) is 121 cm³/mol. The van der Waals surface area contributed by atoms with E-state index in [0.29, 0.717) is 3.42 Å². The summed E-state index contributed by atoms with van der Waals surface area (Å²) < 4.78 is 0.333. The summed E-state index contributed by atoms with van der Waals surface area (Å²) in [6.45, 7) is 0. The zero-order chi connectivity index (χ0) is 18.1. The number of benzene rings is 3. The van der Waals surface area contributed by atoms with Gasteiger partial charge in [-0.1, -0.05) is 114 Å². The molecule has 0 nitrogen and oxygen atoms in total. The minimum atomic E-state index is 0.333. The molecule has 134 valence electrons. The molecule has 26 heavy (non-hydrogen) atoms. The van der Waals surface area contributed by atoms with Crippen LogP contribution in [0.4, 0.5) is 0 Å². The highest BCUT2D eigenvalue weighted by Gasteiger charge is 2.26. The number of alkyl halides is 1. The topological polar surface area (TPSA) is 0 Å². The molecule has 3 aromatic rings. The maximum absolute atomic E-state index is 2.76. The lowest BCUT2D eigenvalue weighted by Gasteiger charge is -2.28. The summed E-state index contributed by atoms with van der Waals surface area (Å²) in [6.07, 6.45) is 7.18. The summed E-state index contributed by atoms with van der Waals surface area (Å²) in [6, 6.07) is 32.7. The van der Waals surface area contributed by atoms with Crippen molar-refractivity contribution in [2.24, 2.45) is 0 Å². The van der Waals surface area contributed by atoms with Gasteiger partial charge < -0.3 is 0 Å². The third kappa shape index (κ3) is 6.28. The average molecular weight is 454 g/mol. The van der Waals surface area contributed by atoms with Gasteiger partial charge in [0.25, 0.3) is 0 Å². The Morgan fingerprint density at radius 1 is 0.462 bits per heavy atom. The number of halogens is 1. The smallest absolute Gasteiger partial charge is 0.0232 e. The van der Waals surface area contributed by atoms with Crippen LogP contribution in [0.15, 0.2) is 91.0 Å². The van der Waals surface area contributed by atoms with Crippen LogP contribution < -0.4 is 0 Å². The van der Waals surface area contributed by atoms with Crippen molar-refractivity contribution in [2.45, 2.75) is 41.9 Å². The Kier molecular flexibility index (Phi) is 7.31. The molecule has 0 saturated heterocycles. The molecule has 0 bridgehead atoms. The average Bonchev–Trinajstić information content (AvgIpc) is 2.72. The SMILES string of the molecule is IC(CCc1ccccc1)(CCc1ccccc1)CCc1ccccc1. The second-order valence-electron chi connectivity index (χ2n) is 7.11. The van der Waals surface area contributed by atoms with Gasteiger partial charge in [-0.25, -0.2) is 0 Å². The van der Waals surface area contributed by atoms with Crippen molar-refractivity contribution in [1.29, 1.82) is 0 Å². The lowest BCUT2D eigenvalue weighted by Crippen LogP contribution is -2.23. The minimum Gasteiger partial charge on any atom is -0.0788 e. The van der Waals surface area contributed by atoms with Crippen molar-refractivity contribution >= 4 is 22.6 Å². The predicted octanol–water partition coefficient (Wildman–Crippen LogP) is 7.06. The minimum absolute atomic E-state index is 0.333. The van der Waals surface area contributed by atoms with E-state index in [1.165, 1.54) is 36.0 Å². The van der Waals surface area contributed by atoms with Crippen LogP contribution in [-0.2, 0) is 19.3 Å². The van der Waals surface area contributed by atoms with Crippen LogP contribution in [0.2, 0.25) is 0 Å². The van der Waals surface area contributed by atoms with Gasteiger partial charge in [0, 0.05) is 3.42 Å². The molecule has 0 atom stereocenters. The van der Waals surface area contributed by atoms with Crippen LogP contribution >= 0.6 is 22.6 Å². The summed E-state index contributed by atoms with van der Waals surface area (Å²) in [5.74, 6) is 0. The van der Waals surface area contributed by atoms with E-state index in [-0.39, 0.29) is 0 Å². The first-order chi connectivity index (χ1) is 12.7. The lowest BCUT2D eigenvalue weighted by molar-refractivity contribution is 0.493. The molecule has 3 aromatic carbocycles. The molecule has 3 rings (SSSR count). The normalized spacial score (nSPS) is 11.4. The van der Waals surface area contributed by atoms with E-state index in [2.05, 4.69) is 114 Å². The highest BCUT2D eigenvalue weighted by atomic mass is 127. The summed E-state index contributed by atoms with van der Waals surface area (Å²) in [7, 11) is 0.